The summed E-state index contributed by atoms with van der Waals surface area (Å²) < 4.78 is 0. The van der Waals surface area contributed by atoms with Gasteiger partial charge in [-0.05, 0) is 39.3 Å². The summed E-state index contributed by atoms with van der Waals surface area (Å²) >= 11 is 0. The van der Waals surface area contributed by atoms with Gasteiger partial charge in [-0.2, -0.15) is 0 Å². The van der Waals surface area contributed by atoms with E-state index >= 15 is 0 Å². The fourth-order valence-electron chi connectivity index (χ4n) is 1.44. The van der Waals surface area contributed by atoms with Gasteiger partial charge in [-0.25, -0.2) is 0 Å². The Kier molecular flexibility index (Phi) is 3.46. The van der Waals surface area contributed by atoms with Crippen molar-refractivity contribution >= 4 is 5.78 Å². The molecule has 0 aliphatic heterocycles. The van der Waals surface area contributed by atoms with E-state index in [-0.39, 0.29) is 5.78 Å². The molecule has 0 bridgehead atoms. The molecule has 1 rings (SSSR count). The van der Waals surface area contributed by atoms with Crippen LogP contribution in [-0.2, 0) is 10.2 Å². The summed E-state index contributed by atoms with van der Waals surface area (Å²) in [5, 5.41) is 0. The first kappa shape index (κ1) is 11.7. The van der Waals surface area contributed by atoms with Gasteiger partial charge in [0.2, 0.25) is 0 Å². The number of rotatable bonds is 3. The van der Waals surface area contributed by atoms with Crippen LogP contribution in [0.1, 0.15) is 33.3 Å². The van der Waals surface area contributed by atoms with Crippen LogP contribution in [0.3, 0.4) is 0 Å². The van der Waals surface area contributed by atoms with Gasteiger partial charge in [0.05, 0.1) is 5.41 Å². The van der Waals surface area contributed by atoms with Crippen LogP contribution >= 0.6 is 0 Å². The Morgan fingerprint density at radius 3 is 2.13 bits per heavy atom. The second kappa shape index (κ2) is 4.43. The quantitative estimate of drug-likeness (QED) is 0.686. The molecule has 0 N–H and O–H groups in total. The number of hydrogen-bond acceptors (Lipinski definition) is 1. The lowest BCUT2D eigenvalue weighted by Gasteiger charge is -2.22. The molecule has 15 heavy (non-hydrogen) atoms. The standard InChI is InChI=1S/C14H18O/c1-11(2)10-13(15)14(3,4)12-8-6-5-7-9-12/h5-10H,1-4H3. The lowest BCUT2D eigenvalue weighted by molar-refractivity contribution is -0.118. The van der Waals surface area contributed by atoms with Crippen LogP contribution in [0.15, 0.2) is 42.0 Å². The molecule has 1 aromatic carbocycles. The van der Waals surface area contributed by atoms with Crippen LogP contribution in [0.25, 0.3) is 0 Å². The van der Waals surface area contributed by atoms with E-state index in [2.05, 4.69) is 0 Å². The predicted octanol–water partition coefficient (Wildman–Crippen LogP) is 3.50. The smallest absolute Gasteiger partial charge is 0.165 e. The molecule has 0 unspecified atom stereocenters. The van der Waals surface area contributed by atoms with Gasteiger partial charge in [-0.3, -0.25) is 4.79 Å². The van der Waals surface area contributed by atoms with Crippen molar-refractivity contribution in [1.29, 1.82) is 0 Å². The highest BCUT2D eigenvalue weighted by molar-refractivity contribution is 5.98. The molecule has 0 fully saturated rings. The van der Waals surface area contributed by atoms with Gasteiger partial charge in [0.15, 0.2) is 5.78 Å². The molecule has 0 heterocycles. The fourth-order valence-corrected chi connectivity index (χ4v) is 1.44. The monoisotopic (exact) mass is 202 g/mol. The van der Waals surface area contributed by atoms with Gasteiger partial charge in [0.1, 0.15) is 0 Å². The summed E-state index contributed by atoms with van der Waals surface area (Å²) in [7, 11) is 0. The second-order valence-electron chi connectivity index (χ2n) is 4.58. The summed E-state index contributed by atoms with van der Waals surface area (Å²) in [6, 6.07) is 9.89. The van der Waals surface area contributed by atoms with Crippen molar-refractivity contribution in [2.45, 2.75) is 33.1 Å². The molecule has 0 saturated heterocycles. The van der Waals surface area contributed by atoms with E-state index in [4.69, 9.17) is 0 Å². The van der Waals surface area contributed by atoms with Crippen LogP contribution in [0.5, 0.6) is 0 Å². The van der Waals surface area contributed by atoms with E-state index < -0.39 is 5.41 Å². The van der Waals surface area contributed by atoms with Gasteiger partial charge in [-0.15, -0.1) is 0 Å². The van der Waals surface area contributed by atoms with Crippen molar-refractivity contribution in [3.63, 3.8) is 0 Å². The van der Waals surface area contributed by atoms with E-state index in [0.29, 0.717) is 0 Å². The number of ketones is 1. The molecule has 0 saturated carbocycles. The molecule has 0 radical (unpaired) electrons. The van der Waals surface area contributed by atoms with E-state index in [1.165, 1.54) is 0 Å². The molecule has 0 aliphatic carbocycles. The third-order valence-corrected chi connectivity index (χ3v) is 2.53. The van der Waals surface area contributed by atoms with Crippen molar-refractivity contribution in [3.05, 3.63) is 47.5 Å². The lowest BCUT2D eigenvalue weighted by atomic mass is 9.80. The van der Waals surface area contributed by atoms with Crippen molar-refractivity contribution in [2.24, 2.45) is 0 Å². The number of carbonyl (C=O) groups excluding carboxylic acids is 1. The SMILES string of the molecule is CC(C)=CC(=O)C(C)(C)c1ccccc1. The van der Waals surface area contributed by atoms with Crippen molar-refractivity contribution in [1.82, 2.24) is 0 Å². The highest BCUT2D eigenvalue weighted by Gasteiger charge is 2.27. The molecular formula is C14H18O. The summed E-state index contributed by atoms with van der Waals surface area (Å²) in [6.07, 6.45) is 1.72. The lowest BCUT2D eigenvalue weighted by Crippen LogP contribution is -2.27. The topological polar surface area (TPSA) is 17.1 Å². The van der Waals surface area contributed by atoms with E-state index in [0.717, 1.165) is 11.1 Å². The van der Waals surface area contributed by atoms with Crippen LogP contribution in [-0.4, -0.2) is 5.78 Å². The summed E-state index contributed by atoms with van der Waals surface area (Å²) in [5.41, 5.74) is 1.68. The fraction of sp³-hybridized carbons (Fsp3) is 0.357. The summed E-state index contributed by atoms with van der Waals surface area (Å²) in [4.78, 5) is 12.0. The normalized spacial score (nSPS) is 10.9. The Morgan fingerprint density at radius 1 is 1.13 bits per heavy atom. The van der Waals surface area contributed by atoms with Crippen molar-refractivity contribution in [3.8, 4) is 0 Å². The molecule has 1 heteroatoms. The zero-order chi connectivity index (χ0) is 11.5. The largest absolute Gasteiger partial charge is 0.294 e. The molecule has 80 valence electrons. The van der Waals surface area contributed by atoms with Gasteiger partial charge in [0, 0.05) is 0 Å². The Bertz CT molecular complexity index is 368. The van der Waals surface area contributed by atoms with Crippen molar-refractivity contribution < 1.29 is 4.79 Å². The molecule has 0 amide bonds. The maximum absolute atomic E-state index is 12.0. The Labute approximate surface area is 91.8 Å². The first-order chi connectivity index (χ1) is 6.94. The maximum atomic E-state index is 12.0. The van der Waals surface area contributed by atoms with Crippen LogP contribution in [0.2, 0.25) is 0 Å². The number of allylic oxidation sites excluding steroid dienone is 2. The summed E-state index contributed by atoms with van der Waals surface area (Å²) in [5.74, 6) is 0.161. The first-order valence-electron chi connectivity index (χ1n) is 5.19. The Morgan fingerprint density at radius 2 is 1.67 bits per heavy atom. The third kappa shape index (κ3) is 2.79. The van der Waals surface area contributed by atoms with Gasteiger partial charge < -0.3 is 0 Å². The number of hydrogen-bond donors (Lipinski definition) is 0. The maximum Gasteiger partial charge on any atom is 0.165 e. The molecular weight excluding hydrogens is 184 g/mol. The van der Waals surface area contributed by atoms with Crippen molar-refractivity contribution in [2.75, 3.05) is 0 Å². The van der Waals surface area contributed by atoms with E-state index in [1.807, 2.05) is 58.0 Å². The van der Waals surface area contributed by atoms with Gasteiger partial charge in [0.25, 0.3) is 0 Å². The average Bonchev–Trinajstić information content (AvgIpc) is 2.18. The molecule has 0 aliphatic rings. The minimum atomic E-state index is -0.432. The molecule has 1 nitrogen and oxygen atoms in total. The third-order valence-electron chi connectivity index (χ3n) is 2.53. The zero-order valence-electron chi connectivity index (χ0n) is 9.87. The van der Waals surface area contributed by atoms with Crippen LogP contribution in [0, 0.1) is 0 Å². The highest BCUT2D eigenvalue weighted by atomic mass is 16.1. The molecule has 1 aromatic rings. The molecule has 0 aromatic heterocycles. The van der Waals surface area contributed by atoms with Gasteiger partial charge in [-0.1, -0.05) is 35.9 Å². The van der Waals surface area contributed by atoms with E-state index in [1.54, 1.807) is 6.08 Å². The summed E-state index contributed by atoms with van der Waals surface area (Å²) in [6.45, 7) is 7.81. The first-order valence-corrected chi connectivity index (χ1v) is 5.19. The average molecular weight is 202 g/mol. The Balaban J connectivity index is 3.03. The van der Waals surface area contributed by atoms with E-state index in [9.17, 15) is 4.79 Å². The second-order valence-corrected chi connectivity index (χ2v) is 4.58. The van der Waals surface area contributed by atoms with Crippen LogP contribution < -0.4 is 0 Å². The molecule has 0 spiro atoms. The predicted molar refractivity (Wildman–Crippen MR) is 63.9 cm³/mol. The highest BCUT2D eigenvalue weighted by Crippen LogP contribution is 2.24. The minimum absolute atomic E-state index is 0.161. The minimum Gasteiger partial charge on any atom is -0.294 e. The zero-order valence-corrected chi connectivity index (χ0v) is 9.87. The molecule has 0 atom stereocenters. The Hall–Kier alpha value is -1.37. The number of carbonyl (C=O) groups is 1. The van der Waals surface area contributed by atoms with Gasteiger partial charge >= 0.3 is 0 Å². The number of benzene rings is 1. The van der Waals surface area contributed by atoms with Crippen LogP contribution in [0.4, 0.5) is 0 Å².